The third-order valence-electron chi connectivity index (χ3n) is 2.92. The van der Waals surface area contributed by atoms with Crippen molar-refractivity contribution in [2.75, 3.05) is 6.54 Å². The molecule has 0 aromatic carbocycles. The van der Waals surface area contributed by atoms with E-state index in [9.17, 15) is 23.5 Å². The Labute approximate surface area is 128 Å². The number of hydroxylamine groups is 2. The van der Waals surface area contributed by atoms with Gasteiger partial charge in [0.15, 0.2) is 0 Å². The molecule has 2 fully saturated rings. The number of carbonyl (C=O) groups is 2. The van der Waals surface area contributed by atoms with Crippen LogP contribution in [0.3, 0.4) is 0 Å². The van der Waals surface area contributed by atoms with Gasteiger partial charge in [0.25, 0.3) is 0 Å². The Hall–Kier alpha value is -0.950. The molecule has 2 atom stereocenters. The second-order valence-corrected chi connectivity index (χ2v) is 4.03. The predicted octanol–water partition coefficient (Wildman–Crippen LogP) is -3.94. The van der Waals surface area contributed by atoms with Crippen LogP contribution in [0.25, 0.3) is 0 Å². The molecule has 2 rings (SSSR count). The van der Waals surface area contributed by atoms with Gasteiger partial charge in [0, 0.05) is 6.54 Å². The van der Waals surface area contributed by atoms with E-state index in [2.05, 4.69) is 4.84 Å². The molecule has 0 spiro atoms. The first-order valence-corrected chi connectivity index (χ1v) is 5.14. The van der Waals surface area contributed by atoms with E-state index in [0.29, 0.717) is 17.9 Å². The number of carboxylic acids is 1. The van der Waals surface area contributed by atoms with Gasteiger partial charge < -0.3 is 14.8 Å². The summed E-state index contributed by atoms with van der Waals surface area (Å²) in [5.74, 6) is -2.72. The number of hydrogen-bond donors (Lipinski definition) is 0. The molecule has 2 saturated heterocycles. The number of alkyl halides is 2. The van der Waals surface area contributed by atoms with Gasteiger partial charge >= 0.3 is 41.7 Å². The quantitative estimate of drug-likeness (QED) is 0.493. The summed E-state index contributed by atoms with van der Waals surface area (Å²) in [6, 6.07) is -0.420. The second kappa shape index (κ2) is 5.58. The number of amides is 2. The third kappa shape index (κ3) is 2.81. The molecule has 0 unspecified atom stereocenters. The summed E-state index contributed by atoms with van der Waals surface area (Å²) in [5, 5.41) is 19.2. The molecule has 2 amide bonds. The largest absolute Gasteiger partial charge is 1.00 e. The van der Waals surface area contributed by atoms with Gasteiger partial charge in [-0.15, -0.1) is 0 Å². The van der Waals surface area contributed by atoms with Gasteiger partial charge in [-0.1, -0.05) is 0 Å². The summed E-state index contributed by atoms with van der Waals surface area (Å²) in [7, 11) is 0. The van der Waals surface area contributed by atoms with Crippen LogP contribution >= 0.6 is 0 Å². The Morgan fingerprint density at radius 1 is 1.53 bits per heavy atom. The molecule has 2 aliphatic heterocycles. The van der Waals surface area contributed by atoms with Crippen LogP contribution in [0.1, 0.15) is 12.8 Å². The Bertz CT molecular complexity index is 442. The molecule has 7 nitrogen and oxygen atoms in total. The number of urea groups is 1. The number of nitrogens with zero attached hydrogens (tertiary/aromatic N) is 3. The van der Waals surface area contributed by atoms with Crippen molar-refractivity contribution in [3.05, 3.63) is 0 Å². The summed E-state index contributed by atoms with van der Waals surface area (Å²) < 4.78 is 25.7. The summed E-state index contributed by atoms with van der Waals surface area (Å²) in [6.07, 6.45) is -3.94. The van der Waals surface area contributed by atoms with E-state index in [4.69, 9.17) is 5.26 Å². The molecule has 19 heavy (non-hydrogen) atoms. The van der Waals surface area contributed by atoms with Crippen LogP contribution in [0.5, 0.6) is 0 Å². The third-order valence-corrected chi connectivity index (χ3v) is 2.92. The molecule has 0 aromatic rings. The zero-order chi connectivity index (χ0) is 13.5. The minimum Gasteiger partial charge on any atom is -0.542 e. The van der Waals surface area contributed by atoms with E-state index < -0.39 is 30.2 Å². The smallest absolute Gasteiger partial charge is 0.542 e. The average molecular weight is 283 g/mol. The molecule has 0 saturated carbocycles. The van der Waals surface area contributed by atoms with Crippen LogP contribution in [-0.2, 0) is 9.63 Å². The number of aliphatic carboxylic acids is 1. The maximum absolute atomic E-state index is 12.8. The molecule has 10 heteroatoms. The Morgan fingerprint density at radius 3 is 2.68 bits per heavy atom. The number of fused-ring (bicyclic) bond motifs is 2. The first-order chi connectivity index (χ1) is 8.36. The number of piperidine rings is 1. The molecule has 2 bridgehead atoms. The van der Waals surface area contributed by atoms with Gasteiger partial charge in [-0.25, -0.2) is 4.79 Å². The molecule has 0 radical (unpaired) electrons. The Morgan fingerprint density at radius 2 is 2.16 bits per heavy atom. The molecular weight excluding hydrogens is 275 g/mol. The van der Waals surface area contributed by atoms with E-state index >= 15 is 0 Å². The number of carbonyl (C=O) groups excluding carboxylic acids is 2. The summed E-state index contributed by atoms with van der Waals surface area (Å²) in [6.45, 7) is 0.0696. The van der Waals surface area contributed by atoms with Crippen LogP contribution in [0.15, 0.2) is 0 Å². The summed E-state index contributed by atoms with van der Waals surface area (Å²) in [5.41, 5.74) is 0. The first kappa shape index (κ1) is 16.1. The van der Waals surface area contributed by atoms with Crippen molar-refractivity contribution in [2.24, 2.45) is 0 Å². The number of nitriles is 1. The maximum Gasteiger partial charge on any atom is 1.00 e. The van der Waals surface area contributed by atoms with Crippen molar-refractivity contribution in [1.29, 1.82) is 5.26 Å². The van der Waals surface area contributed by atoms with Crippen molar-refractivity contribution < 1.29 is 57.9 Å². The molecule has 2 heterocycles. The SMILES string of the molecule is N#C[C@@H]1CC[C@@H]2CN1C(=O)N2OC(F)(F)C(=O)[O-].[Na+]. The first-order valence-electron chi connectivity index (χ1n) is 5.14. The van der Waals surface area contributed by atoms with Crippen molar-refractivity contribution in [3.8, 4) is 6.07 Å². The average Bonchev–Trinajstić information content (AvgIpc) is 2.55. The second-order valence-electron chi connectivity index (χ2n) is 4.03. The Kier molecular flexibility index (Phi) is 4.73. The number of rotatable bonds is 3. The van der Waals surface area contributed by atoms with Gasteiger partial charge in [-0.2, -0.15) is 23.9 Å². The van der Waals surface area contributed by atoms with Crippen LogP contribution < -0.4 is 34.7 Å². The molecule has 98 valence electrons. The van der Waals surface area contributed by atoms with E-state index in [1.807, 2.05) is 6.07 Å². The van der Waals surface area contributed by atoms with E-state index in [0.717, 1.165) is 4.90 Å². The zero-order valence-electron chi connectivity index (χ0n) is 10.0. The van der Waals surface area contributed by atoms with Crippen molar-refractivity contribution in [2.45, 2.75) is 31.0 Å². The van der Waals surface area contributed by atoms with Crippen LogP contribution in [0.2, 0.25) is 0 Å². The monoisotopic (exact) mass is 283 g/mol. The van der Waals surface area contributed by atoms with Crippen LogP contribution in [0.4, 0.5) is 13.6 Å². The van der Waals surface area contributed by atoms with Crippen molar-refractivity contribution in [3.63, 3.8) is 0 Å². The van der Waals surface area contributed by atoms with E-state index in [1.165, 1.54) is 0 Å². The van der Waals surface area contributed by atoms with Crippen molar-refractivity contribution in [1.82, 2.24) is 9.96 Å². The predicted molar refractivity (Wildman–Crippen MR) is 47.4 cm³/mol. The standard InChI is InChI=1S/C9H9F2N3O4.Na/c10-9(11,7(15)16)18-14-6-2-1-5(3-12)13(4-6)8(14)17;/h5-6H,1-2,4H2,(H,15,16);/q;+1/p-1/t5-,6+;/m0./s1. The van der Waals surface area contributed by atoms with Gasteiger partial charge in [0.05, 0.1) is 12.1 Å². The van der Waals surface area contributed by atoms with Gasteiger partial charge in [-0.05, 0) is 12.8 Å². The number of hydrogen-bond acceptors (Lipinski definition) is 5. The maximum atomic E-state index is 12.8. The normalized spacial score (nSPS) is 25.8. The van der Waals surface area contributed by atoms with Crippen molar-refractivity contribution >= 4 is 12.0 Å². The van der Waals surface area contributed by atoms with Gasteiger partial charge in [0.1, 0.15) is 12.0 Å². The number of halogens is 2. The fraction of sp³-hybridized carbons (Fsp3) is 0.667. The minimum absolute atomic E-state index is 0. The van der Waals surface area contributed by atoms with Gasteiger partial charge in [0.2, 0.25) is 0 Å². The van der Waals surface area contributed by atoms with Gasteiger partial charge in [-0.3, -0.25) is 0 Å². The van der Waals surface area contributed by atoms with E-state index in [1.54, 1.807) is 0 Å². The molecule has 0 aliphatic carbocycles. The summed E-state index contributed by atoms with van der Waals surface area (Å²) in [4.78, 5) is 26.8. The summed E-state index contributed by atoms with van der Waals surface area (Å²) >= 11 is 0. The fourth-order valence-electron chi connectivity index (χ4n) is 2.05. The molecule has 2 aliphatic rings. The molecular formula is C9H8F2N3NaO4. The topological polar surface area (TPSA) is 96.7 Å². The molecule has 0 aromatic heterocycles. The zero-order valence-corrected chi connectivity index (χ0v) is 12.0. The minimum atomic E-state index is -4.57. The van der Waals surface area contributed by atoms with E-state index in [-0.39, 0.29) is 36.1 Å². The van der Waals surface area contributed by atoms with Crippen LogP contribution in [0, 0.1) is 11.3 Å². The number of carboxylic acid groups (broad SMARTS) is 1. The van der Waals surface area contributed by atoms with Crippen LogP contribution in [-0.4, -0.2) is 46.7 Å². The Balaban J connectivity index is 0.00000180. The fourth-order valence-corrected chi connectivity index (χ4v) is 2.05. The molecule has 0 N–H and O–H groups in total.